The van der Waals surface area contributed by atoms with Crippen molar-refractivity contribution in [1.82, 2.24) is 0 Å². The van der Waals surface area contributed by atoms with Crippen LogP contribution in [0.3, 0.4) is 0 Å². The Morgan fingerprint density at radius 2 is 1.79 bits per heavy atom. The Morgan fingerprint density at radius 1 is 1.04 bits per heavy atom. The van der Waals surface area contributed by atoms with Gasteiger partial charge in [-0.2, -0.15) is 0 Å². The van der Waals surface area contributed by atoms with Crippen molar-refractivity contribution in [1.29, 1.82) is 0 Å². The van der Waals surface area contributed by atoms with E-state index in [2.05, 4.69) is 55.9 Å². The highest BCUT2D eigenvalue weighted by Crippen LogP contribution is 2.46. The molecule has 0 aromatic heterocycles. The van der Waals surface area contributed by atoms with Crippen molar-refractivity contribution in [3.63, 3.8) is 0 Å². The van der Waals surface area contributed by atoms with Gasteiger partial charge in [0.05, 0.1) is 0 Å². The molecule has 2 aromatic carbocycles. The van der Waals surface area contributed by atoms with Crippen LogP contribution in [0.4, 0.5) is 5.69 Å². The van der Waals surface area contributed by atoms with Crippen molar-refractivity contribution in [3.8, 4) is 0 Å². The van der Waals surface area contributed by atoms with E-state index < -0.39 is 5.97 Å². The second-order valence-corrected chi connectivity index (χ2v) is 7.91. The Kier molecular flexibility index (Phi) is 4.22. The molecule has 0 atom stereocenters. The highest BCUT2D eigenvalue weighted by atomic mass is 16.6. The molecule has 0 spiro atoms. The van der Waals surface area contributed by atoms with Crippen LogP contribution in [0, 0.1) is 13.8 Å². The van der Waals surface area contributed by atoms with E-state index in [0.29, 0.717) is 11.6 Å². The summed E-state index contributed by atoms with van der Waals surface area (Å²) in [4.78, 5) is 18.9. The summed E-state index contributed by atoms with van der Waals surface area (Å²) in [5.41, 5.74) is 6.90. The van der Waals surface area contributed by atoms with Crippen LogP contribution in [0.25, 0.3) is 0 Å². The van der Waals surface area contributed by atoms with Crippen molar-refractivity contribution in [2.75, 3.05) is 11.9 Å². The van der Waals surface area contributed by atoms with Gasteiger partial charge in [0.2, 0.25) is 5.90 Å². The fourth-order valence-corrected chi connectivity index (χ4v) is 3.88. The van der Waals surface area contributed by atoms with Crippen LogP contribution in [-0.2, 0) is 14.9 Å². The van der Waals surface area contributed by atoms with E-state index in [1.807, 2.05) is 37.3 Å². The van der Waals surface area contributed by atoms with Gasteiger partial charge in [-0.3, -0.25) is 0 Å². The zero-order valence-electron chi connectivity index (χ0n) is 16.9. The molecule has 0 fully saturated rings. The summed E-state index contributed by atoms with van der Waals surface area (Å²) in [6.07, 6.45) is 3.74. The normalized spacial score (nSPS) is 20.5. The highest BCUT2D eigenvalue weighted by Gasteiger charge is 2.38. The Balaban J connectivity index is 1.69. The Hall–Kier alpha value is -3.14. The predicted octanol–water partition coefficient (Wildman–Crippen LogP) is 4.80. The maximum Gasteiger partial charge on any atom is 0.363 e. The number of rotatable bonds is 2. The lowest BCUT2D eigenvalue weighted by atomic mass is 9.84. The molecule has 4 nitrogen and oxygen atoms in total. The van der Waals surface area contributed by atoms with E-state index in [1.165, 1.54) is 16.8 Å². The minimum Gasteiger partial charge on any atom is -0.402 e. The van der Waals surface area contributed by atoms with E-state index in [-0.39, 0.29) is 5.41 Å². The number of esters is 1. The summed E-state index contributed by atoms with van der Waals surface area (Å²) >= 11 is 0. The number of fused-ring (bicyclic) bond motifs is 1. The first-order chi connectivity index (χ1) is 13.3. The molecule has 0 amide bonds. The zero-order valence-corrected chi connectivity index (χ0v) is 16.9. The summed E-state index contributed by atoms with van der Waals surface area (Å²) < 4.78 is 5.41. The summed E-state index contributed by atoms with van der Waals surface area (Å²) in [5.74, 6) is -0.0545. The van der Waals surface area contributed by atoms with Crippen LogP contribution < -0.4 is 4.90 Å². The molecule has 4 rings (SSSR count). The van der Waals surface area contributed by atoms with E-state index in [4.69, 9.17) is 4.74 Å². The molecule has 28 heavy (non-hydrogen) atoms. The van der Waals surface area contributed by atoms with Crippen LogP contribution in [0.5, 0.6) is 0 Å². The molecule has 0 unspecified atom stereocenters. The molecule has 0 radical (unpaired) electrons. The fourth-order valence-electron chi connectivity index (χ4n) is 3.88. The Labute approximate surface area is 165 Å². The summed E-state index contributed by atoms with van der Waals surface area (Å²) in [5, 5.41) is 0. The third-order valence-electron chi connectivity index (χ3n) is 5.71. The molecule has 2 aromatic rings. The smallest absolute Gasteiger partial charge is 0.363 e. The molecular formula is C24H24N2O2. The Bertz CT molecular complexity index is 1070. The van der Waals surface area contributed by atoms with E-state index in [9.17, 15) is 4.79 Å². The van der Waals surface area contributed by atoms with Crippen molar-refractivity contribution < 1.29 is 9.53 Å². The van der Waals surface area contributed by atoms with Gasteiger partial charge in [0.1, 0.15) is 0 Å². The number of ether oxygens (including phenoxy) is 1. The van der Waals surface area contributed by atoms with Gasteiger partial charge < -0.3 is 9.64 Å². The van der Waals surface area contributed by atoms with Crippen LogP contribution in [0.15, 0.2) is 71.0 Å². The lowest BCUT2D eigenvalue weighted by Gasteiger charge is -2.23. The number of carbonyl (C=O) groups excluding carboxylic acids is 1. The molecule has 4 heteroatoms. The monoisotopic (exact) mass is 372 g/mol. The Morgan fingerprint density at radius 3 is 2.50 bits per heavy atom. The molecule has 0 aliphatic carbocycles. The first-order valence-electron chi connectivity index (χ1n) is 9.43. The number of aliphatic imine (C=N–C) groups is 1. The number of carbonyl (C=O) groups is 1. The van der Waals surface area contributed by atoms with E-state index >= 15 is 0 Å². The number of hydrogen-bond acceptors (Lipinski definition) is 4. The van der Waals surface area contributed by atoms with E-state index in [1.54, 1.807) is 6.08 Å². The number of cyclic esters (lactones) is 1. The number of nitrogens with zero attached hydrogens (tertiary/aromatic N) is 2. The molecule has 2 heterocycles. The number of hydrogen-bond donors (Lipinski definition) is 0. The summed E-state index contributed by atoms with van der Waals surface area (Å²) in [6, 6.07) is 14.3. The van der Waals surface area contributed by atoms with Crippen molar-refractivity contribution in [2.45, 2.75) is 33.1 Å². The van der Waals surface area contributed by atoms with Crippen LogP contribution in [0.2, 0.25) is 0 Å². The maximum absolute atomic E-state index is 12.3. The van der Waals surface area contributed by atoms with Gasteiger partial charge in [-0.25, -0.2) is 9.79 Å². The van der Waals surface area contributed by atoms with Gasteiger partial charge in [-0.15, -0.1) is 0 Å². The van der Waals surface area contributed by atoms with Gasteiger partial charge in [-0.1, -0.05) is 38.1 Å². The van der Waals surface area contributed by atoms with Crippen LogP contribution in [-0.4, -0.2) is 18.9 Å². The predicted molar refractivity (Wildman–Crippen MR) is 113 cm³/mol. The molecule has 0 saturated carbocycles. The number of allylic oxidation sites excluding steroid dienone is 3. The topological polar surface area (TPSA) is 41.9 Å². The fraction of sp³-hybridized carbons (Fsp3) is 0.250. The minimum absolute atomic E-state index is 0.147. The lowest BCUT2D eigenvalue weighted by Crippen LogP contribution is -2.22. The molecule has 0 N–H and O–H groups in total. The van der Waals surface area contributed by atoms with Crippen molar-refractivity contribution in [3.05, 3.63) is 88.3 Å². The molecule has 142 valence electrons. The summed E-state index contributed by atoms with van der Waals surface area (Å²) in [6.45, 7) is 8.47. The van der Waals surface area contributed by atoms with Crippen molar-refractivity contribution in [2.24, 2.45) is 4.99 Å². The molecule has 0 bridgehead atoms. The van der Waals surface area contributed by atoms with Crippen LogP contribution in [0.1, 0.15) is 36.1 Å². The third-order valence-corrected chi connectivity index (χ3v) is 5.71. The van der Waals surface area contributed by atoms with E-state index in [0.717, 1.165) is 16.8 Å². The zero-order chi connectivity index (χ0) is 20.1. The second-order valence-electron chi connectivity index (χ2n) is 7.91. The largest absolute Gasteiger partial charge is 0.402 e. The third kappa shape index (κ3) is 2.85. The number of aryl methyl sites for hydroxylation is 2. The van der Waals surface area contributed by atoms with Gasteiger partial charge in [0.25, 0.3) is 0 Å². The first kappa shape index (κ1) is 18.2. The number of likely N-dealkylation sites (N-methyl/N-ethyl adjacent to an activating group) is 1. The maximum atomic E-state index is 12.3. The average molecular weight is 372 g/mol. The summed E-state index contributed by atoms with van der Waals surface area (Å²) in [7, 11) is 2.05. The van der Waals surface area contributed by atoms with Gasteiger partial charge in [-0.05, 0) is 60.9 Å². The molecule has 0 saturated heterocycles. The van der Waals surface area contributed by atoms with Gasteiger partial charge >= 0.3 is 5.97 Å². The number of anilines is 1. The second kappa shape index (κ2) is 6.48. The molecule has 2 aliphatic heterocycles. The SMILES string of the molecule is Cc1ccc(C2=N/C(=C/C=C3\N(C)c4ccccc4C3(C)C)C(=O)O2)cc1C. The standard InChI is InChI=1S/C24H24N2O2/c1-15-10-11-17(14-16(15)2)22-25-19(23(27)28-22)12-13-21-24(3,4)18-8-6-7-9-20(18)26(21)5/h6-14H,1-5H3/b19-12+,21-13-. The first-order valence-corrected chi connectivity index (χ1v) is 9.43. The average Bonchev–Trinajstić information content (AvgIpc) is 3.12. The number of benzene rings is 2. The molecular weight excluding hydrogens is 348 g/mol. The van der Waals surface area contributed by atoms with Gasteiger partial charge in [0, 0.05) is 29.4 Å². The van der Waals surface area contributed by atoms with Gasteiger partial charge in [0.15, 0.2) is 5.70 Å². The number of para-hydroxylation sites is 1. The lowest BCUT2D eigenvalue weighted by molar-refractivity contribution is -0.130. The molecule has 2 aliphatic rings. The quantitative estimate of drug-likeness (QED) is 0.562. The minimum atomic E-state index is -0.416. The highest BCUT2D eigenvalue weighted by molar-refractivity contribution is 6.11. The van der Waals surface area contributed by atoms with Crippen LogP contribution >= 0.6 is 0 Å². The van der Waals surface area contributed by atoms with Crippen molar-refractivity contribution >= 4 is 17.6 Å².